The Bertz CT molecular complexity index is 207. The number of hydrogen-bond donors (Lipinski definition) is 1. The molecule has 2 N–H and O–H groups in total. The van der Waals surface area contributed by atoms with E-state index >= 15 is 0 Å². The van der Waals surface area contributed by atoms with Gasteiger partial charge in [0.15, 0.2) is 9.84 Å². The predicted octanol–water partition coefficient (Wildman–Crippen LogP) is -0.524. The minimum Gasteiger partial charge on any atom is -0.363 e. The third-order valence-electron chi connectivity index (χ3n) is 0.788. The van der Waals surface area contributed by atoms with E-state index in [1.54, 1.807) is 0 Å². The fraction of sp³-hybridized carbons (Fsp3) is 0.600. The van der Waals surface area contributed by atoms with E-state index in [4.69, 9.17) is 5.73 Å². The third-order valence-corrected chi connectivity index (χ3v) is 1.44. The van der Waals surface area contributed by atoms with Crippen molar-refractivity contribution < 1.29 is 13.2 Å². The zero-order valence-corrected chi connectivity index (χ0v) is 6.76. The average Bonchev–Trinajstić information content (AvgIpc) is 1.81. The van der Waals surface area contributed by atoms with E-state index in [2.05, 4.69) is 4.74 Å². The zero-order chi connectivity index (χ0) is 8.20. The number of nitrogens with two attached hydrogens (primary N) is 1. The molecule has 0 radical (unpaired) electrons. The van der Waals surface area contributed by atoms with Crippen LogP contribution in [0.3, 0.4) is 0 Å². The Balaban J connectivity index is 4.01. The summed E-state index contributed by atoms with van der Waals surface area (Å²) < 4.78 is 25.5. The lowest BCUT2D eigenvalue weighted by atomic mass is 10.6. The number of ether oxygens (including phenoxy) is 1. The second-order valence-corrected chi connectivity index (χ2v) is 3.79. The molecule has 0 amide bonds. The van der Waals surface area contributed by atoms with Crippen LogP contribution in [0.15, 0.2) is 11.5 Å². The summed E-state index contributed by atoms with van der Waals surface area (Å²) in [6.45, 7) is 0. The summed E-state index contributed by atoms with van der Waals surface area (Å²) >= 11 is 0. The fourth-order valence-electron chi connectivity index (χ4n) is 0.299. The molecule has 0 bridgehead atoms. The topological polar surface area (TPSA) is 69.4 Å². The quantitative estimate of drug-likeness (QED) is 0.571. The molecule has 0 aromatic rings. The molecule has 0 aliphatic heterocycles. The Kier molecular flexibility index (Phi) is 3.55. The van der Waals surface area contributed by atoms with Crippen molar-refractivity contribution in [2.45, 2.75) is 6.23 Å². The van der Waals surface area contributed by atoms with Crippen LogP contribution in [-0.2, 0) is 14.6 Å². The maximum absolute atomic E-state index is 10.5. The van der Waals surface area contributed by atoms with Crippen molar-refractivity contribution in [1.29, 1.82) is 0 Å². The van der Waals surface area contributed by atoms with Gasteiger partial charge in [0.05, 0.1) is 0 Å². The van der Waals surface area contributed by atoms with Gasteiger partial charge in [0.25, 0.3) is 0 Å². The van der Waals surface area contributed by atoms with Crippen LogP contribution >= 0.6 is 0 Å². The maximum Gasteiger partial charge on any atom is 0.168 e. The van der Waals surface area contributed by atoms with Gasteiger partial charge in [0.2, 0.25) is 0 Å². The largest absolute Gasteiger partial charge is 0.363 e. The third kappa shape index (κ3) is 5.74. The summed E-state index contributed by atoms with van der Waals surface area (Å²) in [4.78, 5) is 0. The molecule has 0 saturated heterocycles. The lowest BCUT2D eigenvalue weighted by molar-refractivity contribution is 0.147. The van der Waals surface area contributed by atoms with Crippen molar-refractivity contribution >= 4 is 9.84 Å². The van der Waals surface area contributed by atoms with Crippen molar-refractivity contribution in [2.75, 3.05) is 13.4 Å². The second-order valence-electron chi connectivity index (χ2n) is 1.86. The summed E-state index contributed by atoms with van der Waals surface area (Å²) in [5.41, 5.74) is 5.21. The summed E-state index contributed by atoms with van der Waals surface area (Å²) in [5.74, 6) is 0. The van der Waals surface area contributed by atoms with Crippen LogP contribution < -0.4 is 5.73 Å². The number of rotatable bonds is 3. The summed E-state index contributed by atoms with van der Waals surface area (Å²) in [6, 6.07) is 0. The van der Waals surface area contributed by atoms with Crippen molar-refractivity contribution in [3.63, 3.8) is 0 Å². The van der Waals surface area contributed by atoms with E-state index in [1.165, 1.54) is 13.2 Å². The Hall–Kier alpha value is -0.390. The molecule has 0 rings (SSSR count). The van der Waals surface area contributed by atoms with Gasteiger partial charge in [0, 0.05) is 18.8 Å². The van der Waals surface area contributed by atoms with Gasteiger partial charge >= 0.3 is 0 Å². The van der Waals surface area contributed by atoms with Gasteiger partial charge in [0.1, 0.15) is 6.23 Å². The maximum atomic E-state index is 10.5. The molecular formula is C5H11NO3S. The molecule has 0 spiro atoms. The molecule has 60 valence electrons. The molecule has 4 nitrogen and oxygen atoms in total. The SMILES string of the molecule is COC(N)C=CS(C)(=O)=O. The van der Waals surface area contributed by atoms with Gasteiger partial charge in [-0.1, -0.05) is 0 Å². The highest BCUT2D eigenvalue weighted by Gasteiger charge is 1.95. The molecule has 0 aliphatic rings. The Labute approximate surface area is 60.6 Å². The zero-order valence-electron chi connectivity index (χ0n) is 5.94. The van der Waals surface area contributed by atoms with Gasteiger partial charge in [-0.3, -0.25) is 0 Å². The average molecular weight is 165 g/mol. The molecule has 0 heterocycles. The van der Waals surface area contributed by atoms with E-state index in [1.807, 2.05) is 0 Å². The first-order chi connectivity index (χ1) is 4.45. The minimum absolute atomic E-state index is 0.644. The predicted molar refractivity (Wildman–Crippen MR) is 39.0 cm³/mol. The highest BCUT2D eigenvalue weighted by atomic mass is 32.2. The molecule has 1 unspecified atom stereocenters. The highest BCUT2D eigenvalue weighted by Crippen LogP contribution is 1.88. The van der Waals surface area contributed by atoms with Gasteiger partial charge in [-0.2, -0.15) is 0 Å². The second kappa shape index (κ2) is 3.70. The molecule has 5 heteroatoms. The van der Waals surface area contributed by atoms with Crippen molar-refractivity contribution in [1.82, 2.24) is 0 Å². The molecule has 0 saturated carbocycles. The van der Waals surface area contributed by atoms with Gasteiger partial charge < -0.3 is 10.5 Å². The normalized spacial score (nSPS) is 15.9. The van der Waals surface area contributed by atoms with Gasteiger partial charge in [-0.25, -0.2) is 8.42 Å². The van der Waals surface area contributed by atoms with Crippen LogP contribution in [0.4, 0.5) is 0 Å². The Morgan fingerprint density at radius 3 is 2.40 bits per heavy atom. The molecule has 0 fully saturated rings. The van der Waals surface area contributed by atoms with Crippen molar-refractivity contribution in [2.24, 2.45) is 5.73 Å². The molecule has 10 heavy (non-hydrogen) atoms. The van der Waals surface area contributed by atoms with E-state index in [0.29, 0.717) is 0 Å². The standard InChI is InChI=1S/C5H11NO3S/c1-9-5(6)3-4-10(2,7)8/h3-5H,6H2,1-2H3. The molecule has 0 aromatic carbocycles. The lowest BCUT2D eigenvalue weighted by Gasteiger charge is -2.00. The fourth-order valence-corrected chi connectivity index (χ4v) is 0.739. The lowest BCUT2D eigenvalue weighted by Crippen LogP contribution is -2.18. The van der Waals surface area contributed by atoms with Crippen LogP contribution in [0, 0.1) is 0 Å². The molecule has 0 aromatic heterocycles. The summed E-state index contributed by atoms with van der Waals surface area (Å²) in [5, 5.41) is 1.02. The molecule has 0 aliphatic carbocycles. The van der Waals surface area contributed by atoms with E-state index in [-0.39, 0.29) is 0 Å². The minimum atomic E-state index is -3.07. The first kappa shape index (κ1) is 9.61. The van der Waals surface area contributed by atoms with Crippen LogP contribution in [0.2, 0.25) is 0 Å². The van der Waals surface area contributed by atoms with Crippen LogP contribution in [0.1, 0.15) is 0 Å². The monoisotopic (exact) mass is 165 g/mol. The van der Waals surface area contributed by atoms with Crippen molar-refractivity contribution in [3.8, 4) is 0 Å². The number of methoxy groups -OCH3 is 1. The summed E-state index contributed by atoms with van der Waals surface area (Å²) in [6.07, 6.45) is 1.72. The number of sulfone groups is 1. The van der Waals surface area contributed by atoms with Crippen LogP contribution in [0.5, 0.6) is 0 Å². The van der Waals surface area contributed by atoms with Gasteiger partial charge in [-0.05, 0) is 6.08 Å². The molecule has 1 atom stereocenters. The first-order valence-electron chi connectivity index (χ1n) is 2.62. The number of hydrogen-bond acceptors (Lipinski definition) is 4. The molecular weight excluding hydrogens is 154 g/mol. The highest BCUT2D eigenvalue weighted by molar-refractivity contribution is 7.93. The van der Waals surface area contributed by atoms with E-state index in [9.17, 15) is 8.42 Å². The van der Waals surface area contributed by atoms with Gasteiger partial charge in [-0.15, -0.1) is 0 Å². The smallest absolute Gasteiger partial charge is 0.168 e. The van der Waals surface area contributed by atoms with E-state index in [0.717, 1.165) is 11.7 Å². The van der Waals surface area contributed by atoms with Crippen LogP contribution in [-0.4, -0.2) is 28.0 Å². The Morgan fingerprint density at radius 1 is 1.60 bits per heavy atom. The van der Waals surface area contributed by atoms with Crippen molar-refractivity contribution in [3.05, 3.63) is 11.5 Å². The Morgan fingerprint density at radius 2 is 2.10 bits per heavy atom. The van der Waals surface area contributed by atoms with E-state index < -0.39 is 16.1 Å². The van der Waals surface area contributed by atoms with Crippen LogP contribution in [0.25, 0.3) is 0 Å². The first-order valence-corrected chi connectivity index (χ1v) is 4.58. The summed E-state index contributed by atoms with van der Waals surface area (Å²) in [7, 11) is -1.67.